The minimum atomic E-state index is -4.64. The summed E-state index contributed by atoms with van der Waals surface area (Å²) >= 11 is 0. The fourth-order valence-electron chi connectivity index (χ4n) is 0.196. The van der Waals surface area contributed by atoms with Crippen LogP contribution in [0.2, 0.25) is 0 Å². The van der Waals surface area contributed by atoms with E-state index >= 15 is 0 Å². The second-order valence-corrected chi connectivity index (χ2v) is 4.61. The average molecular weight is 202 g/mol. The normalized spacial score (nSPS) is 16.3. The van der Waals surface area contributed by atoms with Crippen molar-refractivity contribution in [3.63, 3.8) is 0 Å². The second kappa shape index (κ2) is 5.23. The van der Waals surface area contributed by atoms with E-state index < -0.39 is 7.82 Å². The smallest absolute Gasteiger partial charge is 0.303 e. The summed E-state index contributed by atoms with van der Waals surface area (Å²) in [5, 5.41) is 2.12. The van der Waals surface area contributed by atoms with Crippen LogP contribution in [0.15, 0.2) is 11.5 Å². The van der Waals surface area contributed by atoms with Gasteiger partial charge in [-0.2, -0.15) is 0 Å². The Bertz CT molecular complexity index is 138. The Labute approximate surface area is 66.4 Å². The van der Waals surface area contributed by atoms with Gasteiger partial charge < -0.3 is 14.7 Å². The molecule has 1 rings (SSSR count). The summed E-state index contributed by atoms with van der Waals surface area (Å²) in [5.74, 6) is 1.20. The molecule has 0 amide bonds. The van der Waals surface area contributed by atoms with Gasteiger partial charge >= 0.3 is 7.82 Å². The van der Waals surface area contributed by atoms with Crippen molar-refractivity contribution in [1.82, 2.24) is 0 Å². The molecule has 0 aromatic carbocycles. The Kier molecular flexibility index (Phi) is 5.52. The lowest BCUT2D eigenvalue weighted by Crippen LogP contribution is -1.66. The Morgan fingerprint density at radius 3 is 2.00 bits per heavy atom. The third kappa shape index (κ3) is 15.8. The van der Waals surface area contributed by atoms with Crippen LogP contribution in [-0.4, -0.2) is 20.4 Å². The molecule has 0 saturated carbocycles. The number of phosphoric acid groups is 1. The Balaban J connectivity index is 0.000000162. The molecule has 10 heavy (non-hydrogen) atoms. The van der Waals surface area contributed by atoms with E-state index in [0.717, 1.165) is 0 Å². The lowest BCUT2D eigenvalue weighted by Gasteiger charge is -1.82. The summed E-state index contributed by atoms with van der Waals surface area (Å²) in [6.45, 7) is 0. The largest absolute Gasteiger partial charge is 0.466 e. The molecule has 0 aromatic heterocycles. The maximum atomic E-state index is 8.88. The highest BCUT2D eigenvalue weighted by atomic mass is 33.1. The van der Waals surface area contributed by atoms with Gasteiger partial charge in [-0.3, -0.25) is 0 Å². The van der Waals surface area contributed by atoms with Crippen LogP contribution in [0, 0.1) is 0 Å². The van der Waals surface area contributed by atoms with Gasteiger partial charge in [0.2, 0.25) is 0 Å². The van der Waals surface area contributed by atoms with Crippen LogP contribution >= 0.6 is 29.4 Å². The molecule has 1 aliphatic heterocycles. The lowest BCUT2D eigenvalue weighted by molar-refractivity contribution is 0.275. The van der Waals surface area contributed by atoms with E-state index in [1.165, 1.54) is 5.75 Å². The average Bonchev–Trinajstić information content (AvgIpc) is 2.07. The molecule has 1 aliphatic rings. The monoisotopic (exact) mass is 202 g/mol. The van der Waals surface area contributed by atoms with E-state index in [1.54, 1.807) is 0 Å². The van der Waals surface area contributed by atoms with Gasteiger partial charge in [0, 0.05) is 5.75 Å². The zero-order valence-electron chi connectivity index (χ0n) is 4.88. The molecular formula is C3H7O4PS2. The van der Waals surface area contributed by atoms with E-state index in [-0.39, 0.29) is 0 Å². The summed E-state index contributed by atoms with van der Waals surface area (Å²) in [7, 11) is -0.949. The Hall–Kier alpha value is 0.550. The van der Waals surface area contributed by atoms with E-state index in [4.69, 9.17) is 19.2 Å². The fraction of sp³-hybridized carbons (Fsp3) is 0.333. The van der Waals surface area contributed by atoms with Crippen molar-refractivity contribution in [3.05, 3.63) is 11.5 Å². The topological polar surface area (TPSA) is 77.8 Å². The van der Waals surface area contributed by atoms with Crippen molar-refractivity contribution >= 4 is 29.4 Å². The second-order valence-electron chi connectivity index (χ2n) is 1.27. The standard InChI is InChI=1S/C3H4S2.H3O4P/c1-2-4-5-3-1;1-5(2,3)4/h1-2H,3H2;(H3,1,2,3,4). The SMILES string of the molecule is C1=CSSC1.O=P(O)(O)O. The zero-order valence-corrected chi connectivity index (χ0v) is 7.40. The van der Waals surface area contributed by atoms with Gasteiger partial charge in [0.15, 0.2) is 0 Å². The number of hydrogen-bond donors (Lipinski definition) is 3. The molecule has 0 fully saturated rings. The summed E-state index contributed by atoms with van der Waals surface area (Å²) in [6, 6.07) is 0. The number of hydrogen-bond acceptors (Lipinski definition) is 3. The fourth-order valence-corrected chi connectivity index (χ4v) is 1.77. The van der Waals surface area contributed by atoms with Crippen molar-refractivity contribution in [2.24, 2.45) is 0 Å². The molecule has 0 unspecified atom stereocenters. The van der Waals surface area contributed by atoms with E-state index in [2.05, 4.69) is 11.5 Å². The molecule has 1 heterocycles. The van der Waals surface area contributed by atoms with Crippen LogP contribution in [0.4, 0.5) is 0 Å². The summed E-state index contributed by atoms with van der Waals surface area (Å²) < 4.78 is 8.88. The number of rotatable bonds is 0. The third-order valence-electron chi connectivity index (χ3n) is 0.384. The van der Waals surface area contributed by atoms with Crippen LogP contribution in [0.1, 0.15) is 0 Å². The minimum Gasteiger partial charge on any atom is -0.303 e. The quantitative estimate of drug-likeness (QED) is 0.401. The van der Waals surface area contributed by atoms with Gasteiger partial charge in [-0.25, -0.2) is 4.57 Å². The predicted octanol–water partition coefficient (Wildman–Crippen LogP) is 0.966. The zero-order chi connectivity index (χ0) is 8.04. The Morgan fingerprint density at radius 1 is 1.40 bits per heavy atom. The molecule has 3 N–H and O–H groups in total. The summed E-state index contributed by atoms with van der Waals surface area (Å²) in [4.78, 5) is 21.6. The molecule has 0 atom stereocenters. The van der Waals surface area contributed by atoms with E-state index in [9.17, 15) is 0 Å². The van der Waals surface area contributed by atoms with Crippen LogP contribution in [0.5, 0.6) is 0 Å². The lowest BCUT2D eigenvalue weighted by atomic mass is 10.8. The minimum absolute atomic E-state index is 1.20. The summed E-state index contributed by atoms with van der Waals surface area (Å²) in [5.41, 5.74) is 0. The maximum absolute atomic E-state index is 8.88. The van der Waals surface area contributed by atoms with Gasteiger partial charge in [0.1, 0.15) is 0 Å². The molecule has 0 bridgehead atoms. The van der Waals surface area contributed by atoms with Crippen molar-refractivity contribution in [2.75, 3.05) is 5.75 Å². The highest BCUT2D eigenvalue weighted by Gasteiger charge is 2.00. The van der Waals surface area contributed by atoms with Crippen molar-refractivity contribution in [3.8, 4) is 0 Å². The first-order valence-electron chi connectivity index (χ1n) is 2.22. The molecule has 0 aromatic rings. The van der Waals surface area contributed by atoms with Crippen molar-refractivity contribution in [2.45, 2.75) is 0 Å². The Morgan fingerprint density at radius 2 is 1.90 bits per heavy atom. The molecule has 0 aliphatic carbocycles. The first kappa shape index (κ1) is 10.6. The van der Waals surface area contributed by atoms with Crippen molar-refractivity contribution < 1.29 is 19.2 Å². The predicted molar refractivity (Wildman–Crippen MR) is 43.5 cm³/mol. The highest BCUT2D eigenvalue weighted by Crippen LogP contribution is 2.27. The first-order valence-corrected chi connectivity index (χ1v) is 6.16. The third-order valence-corrected chi connectivity index (χ3v) is 2.30. The van der Waals surface area contributed by atoms with Crippen molar-refractivity contribution in [1.29, 1.82) is 0 Å². The van der Waals surface area contributed by atoms with Crippen LogP contribution in [-0.2, 0) is 4.57 Å². The van der Waals surface area contributed by atoms with Crippen LogP contribution in [0.25, 0.3) is 0 Å². The van der Waals surface area contributed by atoms with Gasteiger partial charge in [-0.05, 0) is 5.41 Å². The van der Waals surface area contributed by atoms with E-state index in [1.807, 2.05) is 21.6 Å². The molecule has 60 valence electrons. The van der Waals surface area contributed by atoms with Gasteiger partial charge in [0.25, 0.3) is 0 Å². The molecule has 0 spiro atoms. The molecular weight excluding hydrogens is 195 g/mol. The van der Waals surface area contributed by atoms with Crippen LogP contribution < -0.4 is 0 Å². The molecule has 7 heteroatoms. The highest BCUT2D eigenvalue weighted by molar-refractivity contribution is 8.78. The van der Waals surface area contributed by atoms with Gasteiger partial charge in [0.05, 0.1) is 0 Å². The molecule has 0 radical (unpaired) electrons. The first-order chi connectivity index (χ1) is 4.50. The van der Waals surface area contributed by atoms with Gasteiger partial charge in [-0.15, -0.1) is 0 Å². The molecule has 4 nitrogen and oxygen atoms in total. The molecule has 0 saturated heterocycles. The summed E-state index contributed by atoms with van der Waals surface area (Å²) in [6.07, 6.45) is 2.16. The van der Waals surface area contributed by atoms with Crippen LogP contribution in [0.3, 0.4) is 0 Å². The van der Waals surface area contributed by atoms with E-state index in [0.29, 0.717) is 0 Å². The maximum Gasteiger partial charge on any atom is 0.466 e. The van der Waals surface area contributed by atoms with Gasteiger partial charge in [-0.1, -0.05) is 27.7 Å².